The first-order valence-electron chi connectivity index (χ1n) is 5.99. The van der Waals surface area contributed by atoms with Crippen molar-refractivity contribution in [1.82, 2.24) is 5.32 Å². The van der Waals surface area contributed by atoms with Gasteiger partial charge in [-0.15, -0.1) is 0 Å². The monoisotopic (exact) mass is 238 g/mol. The standard InChI is InChI=1S/C13H19ClN2/c14-12-4-2-1-3-11(12)13(9-15)16-8-7-10-5-6-10/h1-4,10,13,16H,5-9,15H2. The zero-order valence-corrected chi connectivity index (χ0v) is 10.2. The van der Waals surface area contributed by atoms with Crippen LogP contribution in [-0.4, -0.2) is 13.1 Å². The number of nitrogens with two attached hydrogens (primary N) is 1. The molecule has 2 nitrogen and oxygen atoms in total. The molecule has 3 heteroatoms. The van der Waals surface area contributed by atoms with E-state index in [2.05, 4.69) is 5.32 Å². The van der Waals surface area contributed by atoms with Gasteiger partial charge in [0.2, 0.25) is 0 Å². The fourth-order valence-corrected chi connectivity index (χ4v) is 2.21. The molecule has 16 heavy (non-hydrogen) atoms. The van der Waals surface area contributed by atoms with E-state index in [0.717, 1.165) is 23.0 Å². The van der Waals surface area contributed by atoms with Crippen LogP contribution in [0.1, 0.15) is 30.9 Å². The molecular weight excluding hydrogens is 220 g/mol. The molecule has 88 valence electrons. The van der Waals surface area contributed by atoms with Crippen LogP contribution in [0, 0.1) is 5.92 Å². The van der Waals surface area contributed by atoms with Crippen LogP contribution in [0.5, 0.6) is 0 Å². The predicted molar refractivity (Wildman–Crippen MR) is 68.6 cm³/mol. The number of rotatable bonds is 6. The van der Waals surface area contributed by atoms with E-state index in [1.807, 2.05) is 24.3 Å². The first-order valence-corrected chi connectivity index (χ1v) is 6.37. The van der Waals surface area contributed by atoms with Crippen molar-refractivity contribution < 1.29 is 0 Å². The maximum atomic E-state index is 6.16. The van der Waals surface area contributed by atoms with Crippen molar-refractivity contribution >= 4 is 11.6 Å². The van der Waals surface area contributed by atoms with Gasteiger partial charge in [0.25, 0.3) is 0 Å². The molecule has 1 saturated carbocycles. The SMILES string of the molecule is NCC(NCCC1CC1)c1ccccc1Cl. The van der Waals surface area contributed by atoms with Crippen LogP contribution < -0.4 is 11.1 Å². The average Bonchev–Trinajstić information content (AvgIpc) is 3.10. The minimum atomic E-state index is 0.187. The lowest BCUT2D eigenvalue weighted by atomic mass is 10.1. The highest BCUT2D eigenvalue weighted by molar-refractivity contribution is 6.31. The molecule has 0 amide bonds. The quantitative estimate of drug-likeness (QED) is 0.800. The lowest BCUT2D eigenvalue weighted by Crippen LogP contribution is -2.29. The summed E-state index contributed by atoms with van der Waals surface area (Å²) in [5.74, 6) is 0.956. The fraction of sp³-hybridized carbons (Fsp3) is 0.538. The fourth-order valence-electron chi connectivity index (χ4n) is 1.95. The molecule has 1 aliphatic carbocycles. The summed E-state index contributed by atoms with van der Waals surface area (Å²) in [7, 11) is 0. The van der Waals surface area contributed by atoms with E-state index in [9.17, 15) is 0 Å². The summed E-state index contributed by atoms with van der Waals surface area (Å²) in [6.45, 7) is 1.63. The Labute approximate surface area is 102 Å². The van der Waals surface area contributed by atoms with Crippen LogP contribution in [0.2, 0.25) is 5.02 Å². The molecule has 1 aromatic rings. The largest absolute Gasteiger partial charge is 0.329 e. The summed E-state index contributed by atoms with van der Waals surface area (Å²) in [6, 6.07) is 8.11. The Hall–Kier alpha value is -0.570. The first kappa shape index (κ1) is 11.9. The zero-order valence-electron chi connectivity index (χ0n) is 9.45. The summed E-state index contributed by atoms with van der Waals surface area (Å²) in [5, 5.41) is 4.29. The Morgan fingerprint density at radius 3 is 2.75 bits per heavy atom. The lowest BCUT2D eigenvalue weighted by molar-refractivity contribution is 0.516. The Morgan fingerprint density at radius 2 is 2.12 bits per heavy atom. The van der Waals surface area contributed by atoms with Gasteiger partial charge in [-0.2, -0.15) is 0 Å². The van der Waals surface area contributed by atoms with Gasteiger partial charge in [-0.1, -0.05) is 42.6 Å². The van der Waals surface area contributed by atoms with Crippen LogP contribution in [0.15, 0.2) is 24.3 Å². The van der Waals surface area contributed by atoms with Crippen LogP contribution in [0.25, 0.3) is 0 Å². The van der Waals surface area contributed by atoms with Gasteiger partial charge in [-0.05, 0) is 30.5 Å². The second kappa shape index (κ2) is 5.67. The van der Waals surface area contributed by atoms with Crippen molar-refractivity contribution in [3.63, 3.8) is 0 Å². The molecule has 0 aromatic heterocycles. The van der Waals surface area contributed by atoms with Gasteiger partial charge in [-0.25, -0.2) is 0 Å². The minimum absolute atomic E-state index is 0.187. The highest BCUT2D eigenvalue weighted by Crippen LogP contribution is 2.32. The van der Waals surface area contributed by atoms with Gasteiger partial charge in [0, 0.05) is 17.6 Å². The molecule has 0 radical (unpaired) electrons. The van der Waals surface area contributed by atoms with Crippen molar-refractivity contribution in [1.29, 1.82) is 0 Å². The van der Waals surface area contributed by atoms with Crippen LogP contribution in [0.3, 0.4) is 0 Å². The molecule has 0 aliphatic heterocycles. The smallest absolute Gasteiger partial charge is 0.0459 e. The third-order valence-corrected chi connectivity index (χ3v) is 3.50. The number of hydrogen-bond donors (Lipinski definition) is 2. The van der Waals surface area contributed by atoms with Gasteiger partial charge in [-0.3, -0.25) is 0 Å². The summed E-state index contributed by atoms with van der Waals surface area (Å²) in [5.41, 5.74) is 6.90. The Kier molecular flexibility index (Phi) is 4.22. The van der Waals surface area contributed by atoms with Crippen molar-refractivity contribution in [2.75, 3.05) is 13.1 Å². The molecule has 1 fully saturated rings. The number of hydrogen-bond acceptors (Lipinski definition) is 2. The number of nitrogens with one attached hydrogen (secondary N) is 1. The number of halogens is 1. The van der Waals surface area contributed by atoms with Gasteiger partial charge in [0.1, 0.15) is 0 Å². The molecule has 1 aromatic carbocycles. The van der Waals surface area contributed by atoms with E-state index in [1.165, 1.54) is 19.3 Å². The molecule has 0 saturated heterocycles. The summed E-state index contributed by atoms with van der Waals surface area (Å²) in [4.78, 5) is 0. The Balaban J connectivity index is 1.90. The second-order valence-corrected chi connectivity index (χ2v) is 4.90. The van der Waals surface area contributed by atoms with E-state index in [0.29, 0.717) is 6.54 Å². The second-order valence-electron chi connectivity index (χ2n) is 4.50. The Bertz CT molecular complexity index is 336. The molecule has 1 atom stereocenters. The summed E-state index contributed by atoms with van der Waals surface area (Å²) >= 11 is 6.16. The van der Waals surface area contributed by atoms with Gasteiger partial charge in [0.05, 0.1) is 0 Å². The maximum absolute atomic E-state index is 6.16. The van der Waals surface area contributed by atoms with E-state index in [4.69, 9.17) is 17.3 Å². The lowest BCUT2D eigenvalue weighted by Gasteiger charge is -2.18. The number of benzene rings is 1. The van der Waals surface area contributed by atoms with E-state index in [-0.39, 0.29) is 6.04 Å². The van der Waals surface area contributed by atoms with Gasteiger partial charge in [0.15, 0.2) is 0 Å². The van der Waals surface area contributed by atoms with E-state index in [1.54, 1.807) is 0 Å². The van der Waals surface area contributed by atoms with Gasteiger partial charge >= 0.3 is 0 Å². The maximum Gasteiger partial charge on any atom is 0.0459 e. The Morgan fingerprint density at radius 1 is 1.38 bits per heavy atom. The highest BCUT2D eigenvalue weighted by atomic mass is 35.5. The van der Waals surface area contributed by atoms with Crippen molar-refractivity contribution in [2.45, 2.75) is 25.3 Å². The van der Waals surface area contributed by atoms with Crippen LogP contribution in [-0.2, 0) is 0 Å². The molecule has 3 N–H and O–H groups in total. The third-order valence-electron chi connectivity index (χ3n) is 3.16. The topological polar surface area (TPSA) is 38.0 Å². The third kappa shape index (κ3) is 3.21. The summed E-state index contributed by atoms with van der Waals surface area (Å²) < 4.78 is 0. The molecule has 0 bridgehead atoms. The molecule has 2 rings (SSSR count). The summed E-state index contributed by atoms with van der Waals surface area (Å²) in [6.07, 6.45) is 4.07. The molecule has 0 spiro atoms. The molecule has 0 heterocycles. The van der Waals surface area contributed by atoms with Gasteiger partial charge < -0.3 is 11.1 Å². The van der Waals surface area contributed by atoms with Crippen molar-refractivity contribution in [2.24, 2.45) is 11.7 Å². The zero-order chi connectivity index (χ0) is 11.4. The molecule has 1 aliphatic rings. The average molecular weight is 239 g/mol. The van der Waals surface area contributed by atoms with Crippen LogP contribution in [0.4, 0.5) is 0 Å². The first-order chi connectivity index (χ1) is 7.81. The van der Waals surface area contributed by atoms with Crippen molar-refractivity contribution in [3.05, 3.63) is 34.9 Å². The van der Waals surface area contributed by atoms with Crippen molar-refractivity contribution in [3.8, 4) is 0 Å². The highest BCUT2D eigenvalue weighted by Gasteiger charge is 2.21. The van der Waals surface area contributed by atoms with E-state index < -0.39 is 0 Å². The normalized spacial score (nSPS) is 17.4. The predicted octanol–water partition coefficient (Wildman–Crippen LogP) is 2.73. The van der Waals surface area contributed by atoms with E-state index >= 15 is 0 Å². The minimum Gasteiger partial charge on any atom is -0.329 e. The van der Waals surface area contributed by atoms with Crippen LogP contribution >= 0.6 is 11.6 Å². The molecule has 1 unspecified atom stereocenters. The molecular formula is C13H19ClN2.